The molecule has 0 amide bonds. The molecule has 1 aromatic carbocycles. The zero-order valence-electron chi connectivity index (χ0n) is 16.5. The van der Waals surface area contributed by atoms with Crippen LogP contribution in [0.3, 0.4) is 0 Å². The molecule has 0 saturated carbocycles. The number of halogens is 2. The highest BCUT2D eigenvalue weighted by Crippen LogP contribution is 2.17. The first kappa shape index (κ1) is 22.4. The highest BCUT2D eigenvalue weighted by Gasteiger charge is 2.12. The van der Waals surface area contributed by atoms with E-state index in [1.807, 2.05) is 19.2 Å². The number of aromatic nitrogens is 1. The Hall–Kier alpha value is -1.90. The molecule has 152 valence electrons. The van der Waals surface area contributed by atoms with Gasteiger partial charge in [0.25, 0.3) is 0 Å². The number of anilines is 1. The fraction of sp³-hybridized carbons (Fsp3) is 0.429. The zero-order valence-corrected chi connectivity index (χ0v) is 18.9. The molecule has 28 heavy (non-hydrogen) atoms. The Bertz CT molecular complexity index is 773. The first-order chi connectivity index (χ1) is 13.2. The van der Waals surface area contributed by atoms with Gasteiger partial charge in [-0.1, -0.05) is 18.2 Å². The molecule has 0 spiro atoms. The maximum Gasteiger partial charge on any atom is 0.191 e. The van der Waals surface area contributed by atoms with Gasteiger partial charge in [0.05, 0.1) is 6.54 Å². The molecule has 0 bridgehead atoms. The lowest BCUT2D eigenvalue weighted by molar-refractivity contribution is 0.615. The SMILES string of the molecule is CCNC(=NCc1ccc(N2CCCC2)nc1)NCc1ccc(C)c(F)c1.I. The third kappa shape index (κ3) is 6.32. The Balaban J connectivity index is 0.00000280. The molecule has 1 fully saturated rings. The molecule has 7 heteroatoms. The van der Waals surface area contributed by atoms with Gasteiger partial charge in [0.2, 0.25) is 0 Å². The molecule has 0 aliphatic carbocycles. The summed E-state index contributed by atoms with van der Waals surface area (Å²) in [6.07, 6.45) is 4.39. The predicted molar refractivity (Wildman–Crippen MR) is 124 cm³/mol. The summed E-state index contributed by atoms with van der Waals surface area (Å²) in [5.41, 5.74) is 2.61. The van der Waals surface area contributed by atoms with Crippen LogP contribution in [0.15, 0.2) is 41.5 Å². The first-order valence-corrected chi connectivity index (χ1v) is 9.63. The molecule has 1 aromatic heterocycles. The third-order valence-corrected chi connectivity index (χ3v) is 4.70. The van der Waals surface area contributed by atoms with Crippen LogP contribution in [0.4, 0.5) is 10.2 Å². The molecule has 2 aromatic rings. The van der Waals surface area contributed by atoms with Crippen molar-refractivity contribution in [3.05, 3.63) is 59.0 Å². The number of aryl methyl sites for hydroxylation is 1. The van der Waals surface area contributed by atoms with Crippen molar-refractivity contribution in [2.45, 2.75) is 39.8 Å². The first-order valence-electron chi connectivity index (χ1n) is 9.63. The van der Waals surface area contributed by atoms with Crippen LogP contribution >= 0.6 is 24.0 Å². The van der Waals surface area contributed by atoms with Crippen LogP contribution in [0, 0.1) is 12.7 Å². The average molecular weight is 497 g/mol. The number of hydrogen-bond donors (Lipinski definition) is 2. The Labute approximate surface area is 183 Å². The van der Waals surface area contributed by atoms with E-state index in [0.717, 1.165) is 36.6 Å². The van der Waals surface area contributed by atoms with Crippen LogP contribution in [-0.4, -0.2) is 30.6 Å². The van der Waals surface area contributed by atoms with Gasteiger partial charge < -0.3 is 15.5 Å². The molecule has 2 heterocycles. The highest BCUT2D eigenvalue weighted by molar-refractivity contribution is 14.0. The predicted octanol–water partition coefficient (Wildman–Crippen LogP) is 4.00. The van der Waals surface area contributed by atoms with E-state index in [4.69, 9.17) is 0 Å². The lowest BCUT2D eigenvalue weighted by Gasteiger charge is -2.16. The topological polar surface area (TPSA) is 52.6 Å². The van der Waals surface area contributed by atoms with E-state index in [1.165, 1.54) is 12.8 Å². The van der Waals surface area contributed by atoms with E-state index in [1.54, 1.807) is 19.1 Å². The van der Waals surface area contributed by atoms with E-state index >= 15 is 0 Å². The van der Waals surface area contributed by atoms with E-state index < -0.39 is 0 Å². The summed E-state index contributed by atoms with van der Waals surface area (Å²) in [6.45, 7) is 7.81. The van der Waals surface area contributed by atoms with Crippen LogP contribution in [0.2, 0.25) is 0 Å². The molecule has 2 N–H and O–H groups in total. The molecular weight excluding hydrogens is 468 g/mol. The number of nitrogens with one attached hydrogen (secondary N) is 2. The summed E-state index contributed by atoms with van der Waals surface area (Å²) in [7, 11) is 0. The van der Waals surface area contributed by atoms with Crippen molar-refractivity contribution >= 4 is 35.8 Å². The summed E-state index contributed by atoms with van der Waals surface area (Å²) >= 11 is 0. The second kappa shape index (κ2) is 11.2. The van der Waals surface area contributed by atoms with Gasteiger partial charge >= 0.3 is 0 Å². The van der Waals surface area contributed by atoms with Crippen LogP contribution < -0.4 is 15.5 Å². The normalized spacial score (nSPS) is 14.0. The van der Waals surface area contributed by atoms with Gasteiger partial charge in [-0.25, -0.2) is 14.4 Å². The minimum atomic E-state index is -0.180. The van der Waals surface area contributed by atoms with Crippen molar-refractivity contribution in [2.24, 2.45) is 4.99 Å². The minimum Gasteiger partial charge on any atom is -0.357 e. The minimum absolute atomic E-state index is 0. The number of hydrogen-bond acceptors (Lipinski definition) is 3. The summed E-state index contributed by atoms with van der Waals surface area (Å²) in [5, 5.41) is 6.48. The summed E-state index contributed by atoms with van der Waals surface area (Å²) < 4.78 is 13.7. The van der Waals surface area contributed by atoms with Gasteiger partial charge in [-0.15, -0.1) is 24.0 Å². The Morgan fingerprint density at radius 2 is 1.89 bits per heavy atom. The number of pyridine rings is 1. The average Bonchev–Trinajstić information content (AvgIpc) is 3.22. The van der Waals surface area contributed by atoms with Crippen molar-refractivity contribution in [1.82, 2.24) is 15.6 Å². The fourth-order valence-corrected chi connectivity index (χ4v) is 3.09. The number of aliphatic imine (C=N–C) groups is 1. The number of rotatable bonds is 6. The van der Waals surface area contributed by atoms with Gasteiger partial charge in [-0.3, -0.25) is 0 Å². The van der Waals surface area contributed by atoms with Crippen LogP contribution in [-0.2, 0) is 13.1 Å². The number of guanidine groups is 1. The molecule has 1 aliphatic heterocycles. The Morgan fingerprint density at radius 3 is 2.54 bits per heavy atom. The van der Waals surface area contributed by atoms with E-state index in [2.05, 4.69) is 37.6 Å². The van der Waals surface area contributed by atoms with Crippen molar-refractivity contribution in [3.8, 4) is 0 Å². The summed E-state index contributed by atoms with van der Waals surface area (Å²) in [6, 6.07) is 9.45. The largest absolute Gasteiger partial charge is 0.357 e. The van der Waals surface area contributed by atoms with Crippen molar-refractivity contribution < 1.29 is 4.39 Å². The fourth-order valence-electron chi connectivity index (χ4n) is 3.09. The van der Waals surface area contributed by atoms with Crippen LogP contribution in [0.25, 0.3) is 0 Å². The monoisotopic (exact) mass is 497 g/mol. The molecule has 0 unspecified atom stereocenters. The molecule has 1 aliphatic rings. The third-order valence-electron chi connectivity index (χ3n) is 4.70. The molecular formula is C21H29FIN5. The maximum atomic E-state index is 13.7. The Kier molecular flexibility index (Phi) is 8.95. The van der Waals surface area contributed by atoms with E-state index in [0.29, 0.717) is 24.6 Å². The van der Waals surface area contributed by atoms with E-state index in [-0.39, 0.29) is 29.8 Å². The van der Waals surface area contributed by atoms with Gasteiger partial charge in [-0.05, 0) is 55.5 Å². The second-order valence-corrected chi connectivity index (χ2v) is 6.85. The maximum absolute atomic E-state index is 13.7. The molecule has 1 saturated heterocycles. The van der Waals surface area contributed by atoms with Crippen LogP contribution in [0.5, 0.6) is 0 Å². The van der Waals surface area contributed by atoms with Crippen molar-refractivity contribution in [1.29, 1.82) is 0 Å². The number of nitrogens with zero attached hydrogens (tertiary/aromatic N) is 3. The lowest BCUT2D eigenvalue weighted by Crippen LogP contribution is -2.36. The van der Waals surface area contributed by atoms with Crippen molar-refractivity contribution in [3.63, 3.8) is 0 Å². The molecule has 5 nitrogen and oxygen atoms in total. The van der Waals surface area contributed by atoms with Crippen LogP contribution in [0.1, 0.15) is 36.5 Å². The van der Waals surface area contributed by atoms with Gasteiger partial charge in [0, 0.05) is 32.4 Å². The van der Waals surface area contributed by atoms with Gasteiger partial charge in [0.1, 0.15) is 11.6 Å². The summed E-state index contributed by atoms with van der Waals surface area (Å²) in [4.78, 5) is 11.5. The highest BCUT2D eigenvalue weighted by atomic mass is 127. The second-order valence-electron chi connectivity index (χ2n) is 6.85. The van der Waals surface area contributed by atoms with Crippen molar-refractivity contribution in [2.75, 3.05) is 24.5 Å². The molecule has 3 rings (SSSR count). The molecule has 0 atom stereocenters. The lowest BCUT2D eigenvalue weighted by atomic mass is 10.1. The number of benzene rings is 1. The van der Waals surface area contributed by atoms with Gasteiger partial charge in [0.15, 0.2) is 5.96 Å². The quantitative estimate of drug-likeness (QED) is 0.360. The Morgan fingerprint density at radius 1 is 1.14 bits per heavy atom. The smallest absolute Gasteiger partial charge is 0.191 e. The zero-order chi connectivity index (χ0) is 19.1. The van der Waals surface area contributed by atoms with E-state index in [9.17, 15) is 4.39 Å². The van der Waals surface area contributed by atoms with Gasteiger partial charge in [-0.2, -0.15) is 0 Å². The summed E-state index contributed by atoms with van der Waals surface area (Å²) in [5.74, 6) is 1.58. The molecule has 0 radical (unpaired) electrons. The standard InChI is InChI=1S/C21H28FN5.HI/c1-3-23-21(25-13-17-7-6-16(2)19(22)12-17)26-15-18-8-9-20(24-14-18)27-10-4-5-11-27;/h6-9,12,14H,3-5,10-11,13,15H2,1-2H3,(H2,23,25,26);1H.